The highest BCUT2D eigenvalue weighted by Gasteiger charge is 2.15. The van der Waals surface area contributed by atoms with Crippen molar-refractivity contribution in [3.05, 3.63) is 93.1 Å². The van der Waals surface area contributed by atoms with E-state index in [2.05, 4.69) is 10.1 Å². The molecule has 154 valence electrons. The molecule has 0 radical (unpaired) electrons. The SMILES string of the molecule is Cc1cc(OCc2cc(=O)n3cc(Cl)ccc3n2)nc2c1c(C)nn2-c1ccccc1. The van der Waals surface area contributed by atoms with Crippen LogP contribution < -0.4 is 10.3 Å². The number of nitrogens with zero attached hydrogens (tertiary/aromatic N) is 5. The lowest BCUT2D eigenvalue weighted by Gasteiger charge is -2.09. The maximum atomic E-state index is 12.4. The summed E-state index contributed by atoms with van der Waals surface area (Å²) in [5.74, 6) is 0.445. The molecule has 31 heavy (non-hydrogen) atoms. The predicted molar refractivity (Wildman–Crippen MR) is 119 cm³/mol. The van der Waals surface area contributed by atoms with Crippen LogP contribution >= 0.6 is 11.6 Å². The van der Waals surface area contributed by atoms with Gasteiger partial charge in [-0.3, -0.25) is 9.20 Å². The van der Waals surface area contributed by atoms with Crippen LogP contribution in [0.15, 0.2) is 65.6 Å². The van der Waals surface area contributed by atoms with Gasteiger partial charge in [-0.15, -0.1) is 0 Å². The number of hydrogen-bond donors (Lipinski definition) is 0. The van der Waals surface area contributed by atoms with Gasteiger partial charge in [-0.25, -0.2) is 9.67 Å². The van der Waals surface area contributed by atoms with Gasteiger partial charge in [0, 0.05) is 23.7 Å². The van der Waals surface area contributed by atoms with Crippen LogP contribution in [0.3, 0.4) is 0 Å². The molecule has 0 saturated heterocycles. The van der Waals surface area contributed by atoms with Crippen molar-refractivity contribution in [3.63, 3.8) is 0 Å². The number of aromatic nitrogens is 5. The van der Waals surface area contributed by atoms with Gasteiger partial charge in [0.15, 0.2) is 5.65 Å². The lowest BCUT2D eigenvalue weighted by atomic mass is 10.2. The topological polar surface area (TPSA) is 74.3 Å². The Morgan fingerprint density at radius 3 is 2.65 bits per heavy atom. The maximum Gasteiger partial charge on any atom is 0.258 e. The Hall–Kier alpha value is -3.71. The van der Waals surface area contributed by atoms with E-state index in [0.717, 1.165) is 28.0 Å². The molecule has 0 saturated carbocycles. The number of benzene rings is 1. The van der Waals surface area contributed by atoms with E-state index in [9.17, 15) is 4.79 Å². The molecule has 1 aromatic carbocycles. The fourth-order valence-electron chi connectivity index (χ4n) is 3.65. The molecule has 0 aliphatic carbocycles. The summed E-state index contributed by atoms with van der Waals surface area (Å²) in [5, 5.41) is 6.13. The summed E-state index contributed by atoms with van der Waals surface area (Å²) in [6, 6.07) is 16.5. The molecule has 0 atom stereocenters. The van der Waals surface area contributed by atoms with Crippen LogP contribution in [0.25, 0.3) is 22.4 Å². The van der Waals surface area contributed by atoms with E-state index in [1.54, 1.807) is 18.3 Å². The molecular formula is C23H18ClN5O2. The van der Waals surface area contributed by atoms with E-state index >= 15 is 0 Å². The van der Waals surface area contributed by atoms with Crippen molar-refractivity contribution in [2.24, 2.45) is 0 Å². The van der Waals surface area contributed by atoms with Crippen LogP contribution in [0.1, 0.15) is 17.0 Å². The lowest BCUT2D eigenvalue weighted by molar-refractivity contribution is 0.290. The van der Waals surface area contributed by atoms with Crippen LogP contribution in [-0.4, -0.2) is 24.1 Å². The van der Waals surface area contributed by atoms with Crippen LogP contribution in [0.2, 0.25) is 5.02 Å². The van der Waals surface area contributed by atoms with Crippen molar-refractivity contribution >= 4 is 28.3 Å². The fraction of sp³-hybridized carbons (Fsp3) is 0.130. The van der Waals surface area contributed by atoms with Crippen molar-refractivity contribution in [3.8, 4) is 11.6 Å². The molecule has 5 rings (SSSR count). The van der Waals surface area contributed by atoms with Crippen molar-refractivity contribution in [1.82, 2.24) is 24.1 Å². The molecule has 0 aliphatic rings. The zero-order chi connectivity index (χ0) is 21.5. The van der Waals surface area contributed by atoms with Crippen molar-refractivity contribution < 1.29 is 4.74 Å². The number of halogens is 1. The molecule has 0 amide bonds. The van der Waals surface area contributed by atoms with Crippen LogP contribution in [-0.2, 0) is 6.61 Å². The Morgan fingerprint density at radius 1 is 1.03 bits per heavy atom. The average Bonchev–Trinajstić information content (AvgIpc) is 3.10. The smallest absolute Gasteiger partial charge is 0.258 e. The molecular weight excluding hydrogens is 414 g/mol. The fourth-order valence-corrected chi connectivity index (χ4v) is 3.81. The summed E-state index contributed by atoms with van der Waals surface area (Å²) in [4.78, 5) is 21.6. The summed E-state index contributed by atoms with van der Waals surface area (Å²) in [6.45, 7) is 4.09. The zero-order valence-corrected chi connectivity index (χ0v) is 17.7. The number of ether oxygens (including phenoxy) is 1. The first kappa shape index (κ1) is 19.3. The first-order chi connectivity index (χ1) is 15.0. The number of fused-ring (bicyclic) bond motifs is 2. The van der Waals surface area contributed by atoms with Gasteiger partial charge in [-0.1, -0.05) is 29.8 Å². The summed E-state index contributed by atoms with van der Waals surface area (Å²) in [5.41, 5.74) is 4.36. The average molecular weight is 432 g/mol. The number of para-hydroxylation sites is 1. The van der Waals surface area contributed by atoms with Crippen molar-refractivity contribution in [2.75, 3.05) is 0 Å². The minimum absolute atomic E-state index is 0.116. The molecule has 8 heteroatoms. The van der Waals surface area contributed by atoms with E-state index in [1.807, 2.05) is 54.9 Å². The largest absolute Gasteiger partial charge is 0.471 e. The molecule has 0 spiro atoms. The molecule has 0 fully saturated rings. The number of pyridine rings is 2. The monoisotopic (exact) mass is 431 g/mol. The molecule has 0 aliphatic heterocycles. The molecule has 4 aromatic heterocycles. The van der Waals surface area contributed by atoms with Gasteiger partial charge in [0.25, 0.3) is 5.56 Å². The van der Waals surface area contributed by atoms with Crippen molar-refractivity contribution in [2.45, 2.75) is 20.5 Å². The molecule has 0 bridgehead atoms. The molecule has 4 heterocycles. The predicted octanol–water partition coefficient (Wildman–Crippen LogP) is 4.28. The lowest BCUT2D eigenvalue weighted by Crippen LogP contribution is -2.16. The number of rotatable bonds is 4. The minimum atomic E-state index is -0.219. The third-order valence-electron chi connectivity index (χ3n) is 5.03. The standard InChI is InChI=1S/C23H18ClN5O2/c1-14-10-20(26-23-22(14)15(2)27-29(23)18-6-4-3-5-7-18)31-13-17-11-21(30)28-12-16(24)8-9-19(28)25-17/h3-12H,13H2,1-2H3. The van der Waals surface area contributed by atoms with E-state index < -0.39 is 0 Å². The highest BCUT2D eigenvalue weighted by molar-refractivity contribution is 6.30. The summed E-state index contributed by atoms with van der Waals surface area (Å²) in [7, 11) is 0. The highest BCUT2D eigenvalue weighted by atomic mass is 35.5. The second kappa shape index (κ2) is 7.52. The van der Waals surface area contributed by atoms with Crippen LogP contribution in [0.5, 0.6) is 5.88 Å². The van der Waals surface area contributed by atoms with Gasteiger partial charge >= 0.3 is 0 Å². The van der Waals surface area contributed by atoms with Gasteiger partial charge in [-0.05, 0) is 43.7 Å². The molecule has 5 aromatic rings. The van der Waals surface area contributed by atoms with Gasteiger partial charge in [-0.2, -0.15) is 10.1 Å². The summed E-state index contributed by atoms with van der Waals surface area (Å²) in [6.07, 6.45) is 1.54. The summed E-state index contributed by atoms with van der Waals surface area (Å²) >= 11 is 5.97. The Morgan fingerprint density at radius 2 is 1.84 bits per heavy atom. The van der Waals surface area contributed by atoms with Gasteiger partial charge in [0.05, 0.1) is 22.1 Å². The minimum Gasteiger partial charge on any atom is -0.471 e. The van der Waals surface area contributed by atoms with Crippen LogP contribution in [0, 0.1) is 13.8 Å². The van der Waals surface area contributed by atoms with E-state index in [-0.39, 0.29) is 12.2 Å². The zero-order valence-electron chi connectivity index (χ0n) is 16.9. The van der Waals surface area contributed by atoms with Gasteiger partial charge in [0.1, 0.15) is 12.3 Å². The number of hydrogen-bond acceptors (Lipinski definition) is 5. The highest BCUT2D eigenvalue weighted by Crippen LogP contribution is 2.27. The maximum absolute atomic E-state index is 12.4. The first-order valence-electron chi connectivity index (χ1n) is 9.72. The first-order valence-corrected chi connectivity index (χ1v) is 10.1. The summed E-state index contributed by atoms with van der Waals surface area (Å²) < 4.78 is 9.14. The Kier molecular flexibility index (Phi) is 4.67. The second-order valence-electron chi connectivity index (χ2n) is 7.26. The Labute approximate surface area is 182 Å². The normalized spacial score (nSPS) is 11.3. The van der Waals surface area contributed by atoms with E-state index in [1.165, 1.54) is 10.5 Å². The number of aryl methyl sites for hydroxylation is 2. The molecule has 0 N–H and O–H groups in total. The van der Waals surface area contributed by atoms with E-state index in [0.29, 0.717) is 22.2 Å². The second-order valence-corrected chi connectivity index (χ2v) is 7.70. The Bertz CT molecular complexity index is 1490. The molecule has 7 nitrogen and oxygen atoms in total. The van der Waals surface area contributed by atoms with Crippen molar-refractivity contribution in [1.29, 1.82) is 0 Å². The quantitative estimate of drug-likeness (QED) is 0.424. The third kappa shape index (κ3) is 3.53. The van der Waals surface area contributed by atoms with Gasteiger partial charge in [0.2, 0.25) is 5.88 Å². The Balaban J connectivity index is 1.51. The third-order valence-corrected chi connectivity index (χ3v) is 5.26. The van der Waals surface area contributed by atoms with Gasteiger partial charge < -0.3 is 4.74 Å². The van der Waals surface area contributed by atoms with E-state index in [4.69, 9.17) is 21.3 Å². The van der Waals surface area contributed by atoms with Crippen LogP contribution in [0.4, 0.5) is 0 Å². The molecule has 0 unspecified atom stereocenters.